The number of H-pyrrole nitrogens is 1. The number of halogens is 5. The van der Waals surface area contributed by atoms with Crippen molar-refractivity contribution in [1.29, 1.82) is 0 Å². The summed E-state index contributed by atoms with van der Waals surface area (Å²) in [7, 11) is 0. The Morgan fingerprint density at radius 2 is 1.71 bits per heavy atom. The zero-order valence-corrected chi connectivity index (χ0v) is 19.2. The Hall–Kier alpha value is -3.16. The van der Waals surface area contributed by atoms with Crippen molar-refractivity contribution < 1.29 is 18.0 Å². The SMILES string of the molecule is O=C(Cc1ccc(Cl)c(C(F)(F)F)c1)Cc1cc(Cc2nccc(-c3ccc[nH]3)n2)ccc1Cl. The van der Waals surface area contributed by atoms with Gasteiger partial charge in [-0.25, -0.2) is 9.97 Å². The highest BCUT2D eigenvalue weighted by molar-refractivity contribution is 6.31. The summed E-state index contributed by atoms with van der Waals surface area (Å²) in [4.78, 5) is 24.6. The maximum atomic E-state index is 13.1. The van der Waals surface area contributed by atoms with E-state index < -0.39 is 16.8 Å². The molecule has 0 saturated carbocycles. The van der Waals surface area contributed by atoms with E-state index in [2.05, 4.69) is 15.0 Å². The molecule has 0 radical (unpaired) electrons. The molecule has 0 saturated heterocycles. The summed E-state index contributed by atoms with van der Waals surface area (Å²) in [6.45, 7) is 0. The van der Waals surface area contributed by atoms with Crippen LogP contribution in [0.3, 0.4) is 0 Å². The summed E-state index contributed by atoms with van der Waals surface area (Å²) >= 11 is 11.9. The van der Waals surface area contributed by atoms with Gasteiger partial charge in [0.05, 0.1) is 22.0 Å². The molecule has 1 N–H and O–H groups in total. The van der Waals surface area contributed by atoms with Crippen molar-refractivity contribution in [1.82, 2.24) is 15.0 Å². The first kappa shape index (κ1) is 24.0. The van der Waals surface area contributed by atoms with E-state index in [4.69, 9.17) is 23.2 Å². The third-order valence-corrected chi connectivity index (χ3v) is 5.88. The van der Waals surface area contributed by atoms with Crippen molar-refractivity contribution in [3.63, 3.8) is 0 Å². The van der Waals surface area contributed by atoms with Crippen LogP contribution in [0.1, 0.15) is 28.1 Å². The van der Waals surface area contributed by atoms with E-state index in [0.717, 1.165) is 29.1 Å². The van der Waals surface area contributed by atoms with Gasteiger partial charge in [-0.15, -0.1) is 0 Å². The molecular weight excluding hydrogens is 486 g/mol. The Kier molecular flexibility index (Phi) is 7.05. The lowest BCUT2D eigenvalue weighted by Gasteiger charge is -2.11. The number of ketones is 1. The molecule has 4 rings (SSSR count). The summed E-state index contributed by atoms with van der Waals surface area (Å²) in [5.41, 5.74) is 2.38. The van der Waals surface area contributed by atoms with Gasteiger partial charge in [0, 0.05) is 36.7 Å². The van der Waals surface area contributed by atoms with Crippen LogP contribution < -0.4 is 0 Å². The molecule has 0 spiro atoms. The third-order valence-electron chi connectivity index (χ3n) is 5.18. The summed E-state index contributed by atoms with van der Waals surface area (Å²) in [5.74, 6) is 0.340. The van der Waals surface area contributed by atoms with E-state index in [1.54, 1.807) is 18.3 Å². The van der Waals surface area contributed by atoms with Crippen molar-refractivity contribution in [3.05, 3.63) is 105 Å². The number of benzene rings is 2. The van der Waals surface area contributed by atoms with Crippen LogP contribution in [0.4, 0.5) is 13.2 Å². The molecule has 0 bridgehead atoms. The lowest BCUT2D eigenvalue weighted by Crippen LogP contribution is -2.10. The predicted octanol–water partition coefficient (Wildman–Crippen LogP) is 6.74. The highest BCUT2D eigenvalue weighted by Gasteiger charge is 2.33. The molecule has 2 aromatic heterocycles. The molecule has 174 valence electrons. The number of carbonyl (C=O) groups excluding carboxylic acids is 1. The standard InChI is InChI=1S/C25H18Cl2F3N3O/c26-20-5-3-15(13-24-32-9-7-23(33-24)22-2-1-8-31-22)10-17(20)14-18(34)11-16-4-6-21(27)19(12-16)25(28,29)30/h1-10,12,31H,11,13-14H2. The van der Waals surface area contributed by atoms with Crippen LogP contribution in [-0.4, -0.2) is 20.7 Å². The van der Waals surface area contributed by atoms with Crippen LogP contribution in [0, 0.1) is 0 Å². The Balaban J connectivity index is 1.48. The fraction of sp³-hybridized carbons (Fsp3) is 0.160. The number of aromatic amines is 1. The van der Waals surface area contributed by atoms with E-state index in [1.165, 1.54) is 6.07 Å². The zero-order chi connectivity index (χ0) is 24.3. The quantitative estimate of drug-likeness (QED) is 0.303. The first-order chi connectivity index (χ1) is 16.2. The molecular formula is C25H18Cl2F3N3O. The third kappa shape index (κ3) is 5.85. The highest BCUT2D eigenvalue weighted by Crippen LogP contribution is 2.35. The molecule has 2 heterocycles. The number of carbonyl (C=O) groups is 1. The average molecular weight is 504 g/mol. The van der Waals surface area contributed by atoms with Crippen molar-refractivity contribution >= 4 is 29.0 Å². The number of rotatable bonds is 7. The van der Waals surface area contributed by atoms with Gasteiger partial charge in [0.15, 0.2) is 0 Å². The van der Waals surface area contributed by atoms with E-state index in [0.29, 0.717) is 22.8 Å². The highest BCUT2D eigenvalue weighted by atomic mass is 35.5. The predicted molar refractivity (Wildman–Crippen MR) is 125 cm³/mol. The van der Waals surface area contributed by atoms with Gasteiger partial charge in [0.25, 0.3) is 0 Å². The average Bonchev–Trinajstić information content (AvgIpc) is 3.32. The van der Waals surface area contributed by atoms with Gasteiger partial charge in [-0.1, -0.05) is 41.4 Å². The molecule has 0 aliphatic carbocycles. The summed E-state index contributed by atoms with van der Waals surface area (Å²) in [6.07, 6.45) is -0.844. The van der Waals surface area contributed by atoms with E-state index in [9.17, 15) is 18.0 Å². The summed E-state index contributed by atoms with van der Waals surface area (Å²) in [6, 6.07) is 14.4. The van der Waals surface area contributed by atoms with E-state index >= 15 is 0 Å². The normalized spacial score (nSPS) is 11.6. The summed E-state index contributed by atoms with van der Waals surface area (Å²) in [5, 5.41) is 0.00670. The molecule has 0 fully saturated rings. The Morgan fingerprint density at radius 3 is 2.44 bits per heavy atom. The lowest BCUT2D eigenvalue weighted by atomic mass is 9.99. The van der Waals surface area contributed by atoms with Gasteiger partial charge in [-0.05, 0) is 53.1 Å². The van der Waals surface area contributed by atoms with Gasteiger partial charge < -0.3 is 4.98 Å². The number of hydrogen-bond donors (Lipinski definition) is 1. The Labute approximate surface area is 203 Å². The molecule has 34 heavy (non-hydrogen) atoms. The smallest absolute Gasteiger partial charge is 0.360 e. The van der Waals surface area contributed by atoms with Crippen molar-refractivity contribution in [2.24, 2.45) is 0 Å². The Bertz CT molecular complexity index is 1320. The zero-order valence-electron chi connectivity index (χ0n) is 17.7. The van der Waals surface area contributed by atoms with Gasteiger partial charge in [0.1, 0.15) is 11.6 Å². The second-order valence-electron chi connectivity index (χ2n) is 7.75. The number of hydrogen-bond acceptors (Lipinski definition) is 3. The maximum Gasteiger partial charge on any atom is 0.417 e. The first-order valence-corrected chi connectivity index (χ1v) is 11.0. The van der Waals surface area contributed by atoms with Crippen LogP contribution in [0.15, 0.2) is 67.0 Å². The molecule has 0 amide bonds. The lowest BCUT2D eigenvalue weighted by molar-refractivity contribution is -0.137. The van der Waals surface area contributed by atoms with Crippen LogP contribution in [0.5, 0.6) is 0 Å². The largest absolute Gasteiger partial charge is 0.417 e. The molecule has 4 nitrogen and oxygen atoms in total. The maximum absolute atomic E-state index is 13.1. The molecule has 4 aromatic rings. The minimum absolute atomic E-state index is 0.0139. The fourth-order valence-electron chi connectivity index (χ4n) is 3.58. The van der Waals surface area contributed by atoms with Crippen molar-refractivity contribution in [3.8, 4) is 11.4 Å². The van der Waals surface area contributed by atoms with Gasteiger partial charge in [-0.2, -0.15) is 13.2 Å². The molecule has 9 heteroatoms. The minimum atomic E-state index is -4.59. The number of Topliss-reactive ketones (excluding diaryl/α,β-unsaturated/α-hetero) is 1. The molecule has 0 aliphatic heterocycles. The molecule has 0 aliphatic rings. The number of alkyl halides is 3. The second kappa shape index (κ2) is 9.99. The van der Waals surface area contributed by atoms with Gasteiger partial charge >= 0.3 is 6.18 Å². The first-order valence-electron chi connectivity index (χ1n) is 10.3. The Morgan fingerprint density at radius 1 is 0.941 bits per heavy atom. The number of nitrogens with zero attached hydrogens (tertiary/aromatic N) is 2. The van der Waals surface area contributed by atoms with E-state index in [-0.39, 0.29) is 24.2 Å². The topological polar surface area (TPSA) is 58.6 Å². The van der Waals surface area contributed by atoms with Crippen LogP contribution in [-0.2, 0) is 30.2 Å². The second-order valence-corrected chi connectivity index (χ2v) is 8.56. The van der Waals surface area contributed by atoms with Crippen molar-refractivity contribution in [2.75, 3.05) is 0 Å². The molecule has 0 atom stereocenters. The fourth-order valence-corrected chi connectivity index (χ4v) is 3.99. The van der Waals surface area contributed by atoms with Crippen LogP contribution in [0.25, 0.3) is 11.4 Å². The van der Waals surface area contributed by atoms with Crippen LogP contribution in [0.2, 0.25) is 10.0 Å². The monoisotopic (exact) mass is 503 g/mol. The number of aromatic nitrogens is 3. The van der Waals surface area contributed by atoms with Gasteiger partial charge in [0.2, 0.25) is 0 Å². The number of nitrogens with one attached hydrogen (secondary N) is 1. The molecule has 2 aromatic carbocycles. The van der Waals surface area contributed by atoms with E-state index in [1.807, 2.05) is 30.5 Å². The van der Waals surface area contributed by atoms with Crippen LogP contribution >= 0.6 is 23.2 Å². The van der Waals surface area contributed by atoms with Gasteiger partial charge in [-0.3, -0.25) is 4.79 Å². The molecule has 0 unspecified atom stereocenters. The minimum Gasteiger partial charge on any atom is -0.360 e. The van der Waals surface area contributed by atoms with Crippen molar-refractivity contribution in [2.45, 2.75) is 25.4 Å². The summed E-state index contributed by atoms with van der Waals surface area (Å²) < 4.78 is 39.3.